The maximum Gasteiger partial charge on any atom is 0.396 e. The number of thiazole rings is 1. The Morgan fingerprint density at radius 2 is 1.95 bits per heavy atom. The molecule has 2 unspecified atom stereocenters. The second-order valence-electron chi connectivity index (χ2n) is 10.1. The molecule has 2 atom stereocenters. The summed E-state index contributed by atoms with van der Waals surface area (Å²) in [5.41, 5.74) is 1.59. The Morgan fingerprint density at radius 3 is 2.51 bits per heavy atom. The van der Waals surface area contributed by atoms with Gasteiger partial charge in [0.25, 0.3) is 5.91 Å². The Morgan fingerprint density at radius 1 is 1.22 bits per heavy atom. The van der Waals surface area contributed by atoms with Crippen LogP contribution >= 0.6 is 11.3 Å². The molecule has 41 heavy (non-hydrogen) atoms. The Balaban J connectivity index is 0.000000337. The first kappa shape index (κ1) is 34.1. The molecular formula is C29H39BF3N4O3S. The summed E-state index contributed by atoms with van der Waals surface area (Å²) < 4.78 is 40.1. The molecule has 2 amide bonds. The molecule has 0 spiro atoms. The molecule has 2 aromatic heterocycles. The number of halogens is 3. The number of hydrogen-bond acceptors (Lipinski definition) is 5. The highest BCUT2D eigenvalue weighted by Crippen LogP contribution is 2.45. The van der Waals surface area contributed by atoms with Crippen LogP contribution in [0, 0.1) is 18.3 Å². The van der Waals surface area contributed by atoms with Gasteiger partial charge in [0, 0.05) is 17.1 Å². The first-order valence-electron chi connectivity index (χ1n) is 13.6. The van der Waals surface area contributed by atoms with Gasteiger partial charge in [-0.3, -0.25) is 9.59 Å². The lowest BCUT2D eigenvalue weighted by molar-refractivity contribution is -0.240. The predicted octanol–water partition coefficient (Wildman–Crippen LogP) is 6.57. The van der Waals surface area contributed by atoms with Crippen molar-refractivity contribution in [1.29, 1.82) is 0 Å². The van der Waals surface area contributed by atoms with Gasteiger partial charge in [-0.15, -0.1) is 11.3 Å². The van der Waals surface area contributed by atoms with E-state index in [0.29, 0.717) is 17.1 Å². The van der Waals surface area contributed by atoms with Gasteiger partial charge in [0.15, 0.2) is 5.13 Å². The smallest absolute Gasteiger partial charge is 0.396 e. The third-order valence-electron chi connectivity index (χ3n) is 7.14. The number of alkyl halides is 3. The minimum atomic E-state index is -4.30. The number of aromatic nitrogens is 2. The van der Waals surface area contributed by atoms with Crippen LogP contribution in [0.25, 0.3) is 11.3 Å². The van der Waals surface area contributed by atoms with Crippen molar-refractivity contribution >= 4 is 35.7 Å². The molecule has 0 aliphatic heterocycles. The summed E-state index contributed by atoms with van der Waals surface area (Å²) in [6.45, 7) is 8.37. The van der Waals surface area contributed by atoms with Crippen LogP contribution in [0.1, 0.15) is 62.4 Å². The first-order valence-corrected chi connectivity index (χ1v) is 14.5. The fraction of sp³-hybridized carbons (Fsp3) is 0.483. The van der Waals surface area contributed by atoms with Gasteiger partial charge in [-0.2, -0.15) is 13.2 Å². The molecule has 223 valence electrons. The van der Waals surface area contributed by atoms with Gasteiger partial charge in [0.1, 0.15) is 0 Å². The van der Waals surface area contributed by atoms with Crippen molar-refractivity contribution < 1.29 is 27.9 Å². The highest BCUT2D eigenvalue weighted by Gasteiger charge is 2.52. The first-order chi connectivity index (χ1) is 19.4. The van der Waals surface area contributed by atoms with Crippen molar-refractivity contribution in [2.45, 2.75) is 66.4 Å². The van der Waals surface area contributed by atoms with E-state index in [1.54, 1.807) is 22.9 Å². The summed E-state index contributed by atoms with van der Waals surface area (Å²) in [7, 11) is 1.83. The number of aliphatic hydroxyl groups excluding tert-OH is 1. The van der Waals surface area contributed by atoms with Gasteiger partial charge in [-0.25, -0.2) is 4.98 Å². The molecular weight excluding hydrogens is 552 g/mol. The van der Waals surface area contributed by atoms with Gasteiger partial charge in [-0.1, -0.05) is 57.8 Å². The lowest BCUT2D eigenvalue weighted by Gasteiger charge is -2.33. The topological polar surface area (TPSA) is 96.3 Å². The van der Waals surface area contributed by atoms with E-state index in [1.165, 1.54) is 18.3 Å². The normalized spacial score (nSPS) is 13.4. The SMILES string of the molecule is CCC(C)CCC(CC)(CO)C(F)(F)F.C[B]n1ccc(C(=O)NCC(=O)Nc2nc(-c3cccc(C)c3)cs2)c1. The summed E-state index contributed by atoms with van der Waals surface area (Å²) in [4.78, 5) is 28.5. The van der Waals surface area contributed by atoms with Crippen LogP contribution in [0.3, 0.4) is 0 Å². The van der Waals surface area contributed by atoms with E-state index < -0.39 is 18.2 Å². The largest absolute Gasteiger partial charge is 0.402 e. The number of aliphatic hydroxyl groups is 1. The minimum absolute atomic E-state index is 0.0263. The molecule has 7 nitrogen and oxygen atoms in total. The molecule has 3 N–H and O–H groups in total. The molecule has 1 radical (unpaired) electrons. The average Bonchev–Trinajstić information content (AvgIpc) is 3.62. The predicted molar refractivity (Wildman–Crippen MR) is 159 cm³/mol. The van der Waals surface area contributed by atoms with Crippen LogP contribution in [0.4, 0.5) is 18.3 Å². The molecule has 0 saturated heterocycles. The third kappa shape index (κ3) is 10.0. The fourth-order valence-electron chi connectivity index (χ4n) is 3.93. The standard InChI is InChI=1S/C18H18BN4O2S.C11H21F3O/c1-12-4-3-5-13(8-12)15-11-26-18(21-15)22-16(24)9-20-17(25)14-6-7-23(10-14)19-2;1-4-9(3)6-7-10(5-2,8-15)11(12,13)14/h3-8,10-11H,9H2,1-2H3,(H,20,25)(H,21,22,24);9,15H,4-8H2,1-3H3. The molecule has 2 heterocycles. The van der Waals surface area contributed by atoms with Crippen molar-refractivity contribution in [3.8, 4) is 11.3 Å². The van der Waals surface area contributed by atoms with Crippen LogP contribution < -0.4 is 10.6 Å². The molecule has 3 aromatic rings. The zero-order valence-corrected chi connectivity index (χ0v) is 25.0. The van der Waals surface area contributed by atoms with Crippen LogP contribution in [-0.2, 0) is 4.79 Å². The van der Waals surface area contributed by atoms with Crippen molar-refractivity contribution in [3.05, 3.63) is 59.2 Å². The number of carbonyl (C=O) groups is 2. The number of carbonyl (C=O) groups excluding carboxylic acids is 2. The highest BCUT2D eigenvalue weighted by molar-refractivity contribution is 7.14. The van der Waals surface area contributed by atoms with Crippen molar-refractivity contribution in [3.63, 3.8) is 0 Å². The molecule has 1 aromatic carbocycles. The van der Waals surface area contributed by atoms with Crippen LogP contribution in [0.15, 0.2) is 48.1 Å². The van der Waals surface area contributed by atoms with E-state index in [2.05, 4.69) is 15.6 Å². The summed E-state index contributed by atoms with van der Waals surface area (Å²) in [6.07, 6.45) is 0.541. The Labute approximate surface area is 244 Å². The Bertz CT molecular complexity index is 1260. The zero-order valence-electron chi connectivity index (χ0n) is 24.2. The summed E-state index contributed by atoms with van der Waals surface area (Å²) in [5.74, 6) is -0.324. The number of nitrogens with zero attached hydrogens (tertiary/aromatic N) is 2. The van der Waals surface area contributed by atoms with E-state index in [9.17, 15) is 22.8 Å². The molecule has 12 heteroatoms. The van der Waals surface area contributed by atoms with Crippen molar-refractivity contribution in [1.82, 2.24) is 14.8 Å². The van der Waals surface area contributed by atoms with Gasteiger partial charge in [0.2, 0.25) is 13.3 Å². The van der Waals surface area contributed by atoms with E-state index in [0.717, 1.165) is 23.2 Å². The van der Waals surface area contributed by atoms with Crippen LogP contribution in [0.5, 0.6) is 0 Å². The van der Waals surface area contributed by atoms with Gasteiger partial charge < -0.3 is 20.2 Å². The maximum atomic E-state index is 12.8. The lowest BCUT2D eigenvalue weighted by Crippen LogP contribution is -2.41. The molecule has 0 saturated carbocycles. The van der Waals surface area contributed by atoms with E-state index >= 15 is 0 Å². The number of nitrogens with one attached hydrogen (secondary N) is 2. The number of rotatable bonds is 12. The lowest BCUT2D eigenvalue weighted by atomic mass is 9.78. The summed E-state index contributed by atoms with van der Waals surface area (Å²) in [5, 5.41) is 16.7. The van der Waals surface area contributed by atoms with Gasteiger partial charge in [0.05, 0.1) is 29.8 Å². The van der Waals surface area contributed by atoms with E-state index in [4.69, 9.17) is 5.11 Å². The van der Waals surface area contributed by atoms with Crippen LogP contribution in [-0.4, -0.2) is 53.1 Å². The number of anilines is 1. The molecule has 3 rings (SSSR count). The number of aryl methyl sites for hydroxylation is 1. The fourth-order valence-corrected chi connectivity index (χ4v) is 4.66. The second kappa shape index (κ2) is 15.8. The molecule has 0 bridgehead atoms. The summed E-state index contributed by atoms with van der Waals surface area (Å²) in [6, 6.07) is 9.71. The van der Waals surface area contributed by atoms with Gasteiger partial charge >= 0.3 is 6.18 Å². The van der Waals surface area contributed by atoms with Crippen molar-refractivity contribution in [2.24, 2.45) is 11.3 Å². The number of benzene rings is 1. The molecule has 0 aliphatic rings. The monoisotopic (exact) mass is 591 g/mol. The highest BCUT2D eigenvalue weighted by atomic mass is 32.1. The maximum absolute atomic E-state index is 12.8. The minimum Gasteiger partial charge on any atom is -0.402 e. The molecule has 0 aliphatic carbocycles. The Hall–Kier alpha value is -3.12. The zero-order chi connectivity index (χ0) is 30.6. The molecule has 0 fully saturated rings. The third-order valence-corrected chi connectivity index (χ3v) is 7.90. The number of hydrogen-bond donors (Lipinski definition) is 3. The van der Waals surface area contributed by atoms with Crippen LogP contribution in [0.2, 0.25) is 6.82 Å². The second-order valence-corrected chi connectivity index (χ2v) is 10.9. The van der Waals surface area contributed by atoms with Gasteiger partial charge in [-0.05, 0) is 50.4 Å². The van der Waals surface area contributed by atoms with Crippen molar-refractivity contribution in [2.75, 3.05) is 18.5 Å². The Kier molecular flexibility index (Phi) is 13.1. The van der Waals surface area contributed by atoms with E-state index in [-0.39, 0.29) is 37.1 Å². The quantitative estimate of drug-likeness (QED) is 0.208. The number of amides is 2. The van der Waals surface area contributed by atoms with E-state index in [1.807, 2.05) is 64.7 Å². The summed E-state index contributed by atoms with van der Waals surface area (Å²) >= 11 is 1.35. The average molecular weight is 592 g/mol.